The summed E-state index contributed by atoms with van der Waals surface area (Å²) in [6.45, 7) is 1.65. The van der Waals surface area contributed by atoms with Crippen LogP contribution in [0, 0.1) is 0 Å². The molecule has 0 bridgehead atoms. The molecule has 0 fully saturated rings. The van der Waals surface area contributed by atoms with Crippen LogP contribution >= 0.6 is 0 Å². The number of amides is 5. The summed E-state index contributed by atoms with van der Waals surface area (Å²) in [7, 11) is 0. The third-order valence-electron chi connectivity index (χ3n) is 0.919. The Balaban J connectivity index is 4.19. The minimum atomic E-state index is -1.19. The van der Waals surface area contributed by atoms with Gasteiger partial charge in [0.15, 0.2) is 0 Å². The molecular weight excluding hydrogens is 180 g/mol. The molecule has 74 valence electrons. The normalized spacial score (nSPS) is 8.69. The largest absolute Gasteiger partial charge is 0.449 e. The lowest BCUT2D eigenvalue weighted by molar-refractivity contribution is 0.124. The number of nitrogens with zero attached hydrogens (tertiary/aromatic N) is 1. The first-order chi connectivity index (χ1) is 5.99. The van der Waals surface area contributed by atoms with Gasteiger partial charge < -0.3 is 16.2 Å². The van der Waals surface area contributed by atoms with Crippen molar-refractivity contribution in [2.75, 3.05) is 6.61 Å². The van der Waals surface area contributed by atoms with E-state index in [4.69, 9.17) is 11.5 Å². The van der Waals surface area contributed by atoms with Crippen molar-refractivity contribution in [1.82, 2.24) is 10.4 Å². The Kier molecular flexibility index (Phi) is 4.07. The van der Waals surface area contributed by atoms with Crippen LogP contribution in [0.15, 0.2) is 0 Å². The highest BCUT2D eigenvalue weighted by Crippen LogP contribution is 1.84. The molecule has 5 N–H and O–H groups in total. The van der Waals surface area contributed by atoms with E-state index in [0.29, 0.717) is 0 Å². The van der Waals surface area contributed by atoms with Gasteiger partial charge in [0.1, 0.15) is 0 Å². The van der Waals surface area contributed by atoms with Crippen molar-refractivity contribution in [3.05, 3.63) is 0 Å². The molecule has 0 saturated heterocycles. The van der Waals surface area contributed by atoms with Gasteiger partial charge in [0.25, 0.3) is 0 Å². The second kappa shape index (κ2) is 4.80. The molecule has 0 rings (SSSR count). The molecule has 0 aromatic heterocycles. The van der Waals surface area contributed by atoms with E-state index in [2.05, 4.69) is 4.74 Å². The number of ether oxygens (including phenoxy) is 1. The number of carbonyl (C=O) groups excluding carboxylic acids is 3. The molecule has 0 aliphatic carbocycles. The minimum Gasteiger partial charge on any atom is -0.449 e. The van der Waals surface area contributed by atoms with E-state index in [-0.39, 0.29) is 11.6 Å². The Labute approximate surface area is 73.8 Å². The number of carbonyl (C=O) groups is 3. The number of primary amides is 2. The van der Waals surface area contributed by atoms with E-state index in [1.807, 2.05) is 0 Å². The predicted octanol–water partition coefficient (Wildman–Crippen LogP) is -0.893. The van der Waals surface area contributed by atoms with Crippen molar-refractivity contribution in [3.8, 4) is 0 Å². The van der Waals surface area contributed by atoms with Gasteiger partial charge in [-0.05, 0) is 6.92 Å². The number of nitrogens with one attached hydrogen (secondary N) is 1. The Bertz CT molecular complexity index is 215. The maximum Gasteiger partial charge on any atom is 0.426 e. The van der Waals surface area contributed by atoms with E-state index in [0.717, 1.165) is 0 Å². The number of nitrogens with two attached hydrogens (primary N) is 2. The molecule has 0 aliphatic heterocycles. The molecule has 0 aromatic carbocycles. The lowest BCUT2D eigenvalue weighted by Crippen LogP contribution is -2.54. The highest BCUT2D eigenvalue weighted by molar-refractivity contribution is 5.93. The average molecular weight is 190 g/mol. The van der Waals surface area contributed by atoms with Crippen LogP contribution in [0.3, 0.4) is 0 Å². The summed E-state index contributed by atoms with van der Waals surface area (Å²) in [6.07, 6.45) is -0.986. The second-order valence-electron chi connectivity index (χ2n) is 1.84. The van der Waals surface area contributed by atoms with E-state index in [1.54, 1.807) is 12.3 Å². The monoisotopic (exact) mass is 190 g/mol. The van der Waals surface area contributed by atoms with Crippen LogP contribution in [0.1, 0.15) is 6.92 Å². The van der Waals surface area contributed by atoms with E-state index < -0.39 is 18.2 Å². The zero-order valence-electron chi connectivity index (χ0n) is 6.94. The first-order valence-electron chi connectivity index (χ1n) is 3.31. The van der Waals surface area contributed by atoms with Crippen molar-refractivity contribution in [1.29, 1.82) is 0 Å². The summed E-state index contributed by atoms with van der Waals surface area (Å²) in [4.78, 5) is 31.6. The first kappa shape index (κ1) is 11.0. The van der Waals surface area contributed by atoms with Gasteiger partial charge in [-0.2, -0.15) is 0 Å². The maximum atomic E-state index is 10.7. The van der Waals surface area contributed by atoms with Crippen LogP contribution in [-0.2, 0) is 4.74 Å². The van der Waals surface area contributed by atoms with E-state index in [9.17, 15) is 14.4 Å². The second-order valence-corrected chi connectivity index (χ2v) is 1.84. The van der Waals surface area contributed by atoms with Gasteiger partial charge in [-0.25, -0.2) is 19.8 Å². The van der Waals surface area contributed by atoms with Gasteiger partial charge >= 0.3 is 18.2 Å². The van der Waals surface area contributed by atoms with E-state index >= 15 is 0 Å². The fourth-order valence-electron chi connectivity index (χ4n) is 0.473. The van der Waals surface area contributed by atoms with Gasteiger partial charge in [-0.3, -0.25) is 0 Å². The number of hydrogen-bond donors (Lipinski definition) is 3. The lowest BCUT2D eigenvalue weighted by Gasteiger charge is -2.15. The van der Waals surface area contributed by atoms with Crippen LogP contribution in [0.2, 0.25) is 0 Å². The lowest BCUT2D eigenvalue weighted by atomic mass is 10.8. The average Bonchev–Trinajstić information content (AvgIpc) is 1.99. The number of hydrogen-bond acceptors (Lipinski definition) is 4. The van der Waals surface area contributed by atoms with Gasteiger partial charge in [-0.1, -0.05) is 0 Å². The van der Waals surface area contributed by atoms with Crippen LogP contribution in [0.25, 0.3) is 0 Å². The number of hydrazine groups is 1. The first-order valence-corrected chi connectivity index (χ1v) is 3.31. The standard InChI is InChI=1S/C5H10N4O4/c1-2-13-5(12)8-9(3(6)10)4(7)11/h2H2,1H3,(H2,6,10)(H2,7,11)(H,8,12). The molecule has 8 nitrogen and oxygen atoms in total. The Hall–Kier alpha value is -1.99. The topological polar surface area (TPSA) is 128 Å². The number of urea groups is 2. The SMILES string of the molecule is CCOC(=O)NN(C(N)=O)C(N)=O. The van der Waals surface area contributed by atoms with Crippen molar-refractivity contribution in [3.63, 3.8) is 0 Å². The molecule has 0 aromatic rings. The van der Waals surface area contributed by atoms with E-state index in [1.165, 1.54) is 0 Å². The van der Waals surface area contributed by atoms with Crippen molar-refractivity contribution in [2.45, 2.75) is 6.92 Å². The molecule has 0 aliphatic rings. The quantitative estimate of drug-likeness (QED) is 0.463. The zero-order valence-corrected chi connectivity index (χ0v) is 6.94. The van der Waals surface area contributed by atoms with Crippen LogP contribution in [0.5, 0.6) is 0 Å². The zero-order chi connectivity index (χ0) is 10.4. The van der Waals surface area contributed by atoms with Gasteiger partial charge in [-0.15, -0.1) is 5.01 Å². The molecule has 0 spiro atoms. The van der Waals surface area contributed by atoms with Crippen molar-refractivity contribution >= 4 is 18.2 Å². The van der Waals surface area contributed by atoms with Gasteiger partial charge in [0.05, 0.1) is 6.61 Å². The fraction of sp³-hybridized carbons (Fsp3) is 0.400. The summed E-state index contributed by atoms with van der Waals surface area (Å²) in [5.41, 5.74) is 11.1. The molecule has 5 amide bonds. The highest BCUT2D eigenvalue weighted by Gasteiger charge is 2.18. The Morgan fingerprint density at radius 1 is 1.31 bits per heavy atom. The number of rotatable bonds is 1. The third kappa shape index (κ3) is 3.79. The molecule has 0 atom stereocenters. The summed E-state index contributed by atoms with van der Waals surface area (Å²) >= 11 is 0. The predicted molar refractivity (Wildman–Crippen MR) is 41.2 cm³/mol. The van der Waals surface area contributed by atoms with Crippen molar-refractivity contribution < 1.29 is 19.1 Å². The van der Waals surface area contributed by atoms with Crippen LogP contribution < -0.4 is 16.9 Å². The minimum absolute atomic E-state index is 0.0944. The van der Waals surface area contributed by atoms with Crippen LogP contribution in [-0.4, -0.2) is 29.8 Å². The third-order valence-corrected chi connectivity index (χ3v) is 0.919. The molecule has 0 saturated carbocycles. The molecular formula is C5H10N4O4. The summed E-state index contributed by atoms with van der Waals surface area (Å²) in [5.74, 6) is 0. The van der Waals surface area contributed by atoms with Crippen molar-refractivity contribution in [2.24, 2.45) is 11.5 Å². The van der Waals surface area contributed by atoms with Gasteiger partial charge in [0.2, 0.25) is 0 Å². The van der Waals surface area contributed by atoms with Gasteiger partial charge in [0, 0.05) is 0 Å². The molecule has 13 heavy (non-hydrogen) atoms. The smallest absolute Gasteiger partial charge is 0.426 e. The molecule has 0 unspecified atom stereocenters. The van der Waals surface area contributed by atoms with Crippen LogP contribution in [0.4, 0.5) is 14.4 Å². The number of imide groups is 1. The Morgan fingerprint density at radius 2 is 1.77 bits per heavy atom. The fourth-order valence-corrected chi connectivity index (χ4v) is 0.473. The maximum absolute atomic E-state index is 10.7. The highest BCUT2D eigenvalue weighted by atomic mass is 16.6. The summed E-state index contributed by atoms with van der Waals surface area (Å²) < 4.78 is 4.37. The molecule has 8 heteroatoms. The summed E-state index contributed by atoms with van der Waals surface area (Å²) in [5, 5.41) is 0.137. The summed E-state index contributed by atoms with van der Waals surface area (Å²) in [6, 6.07) is -2.39. The molecule has 0 heterocycles. The Morgan fingerprint density at radius 3 is 2.08 bits per heavy atom. The molecule has 0 radical (unpaired) electrons.